The highest BCUT2D eigenvalue weighted by molar-refractivity contribution is 6.30. The predicted octanol–water partition coefficient (Wildman–Crippen LogP) is 4.45. The number of nitrogens with one attached hydrogen (secondary N) is 1. The molecule has 1 unspecified atom stereocenters. The number of rotatable bonds is 5. The van der Waals surface area contributed by atoms with Gasteiger partial charge in [0.15, 0.2) is 5.54 Å². The standard InChI is InChI=1S/C17H18ClNO2/c1-3-17(16(20)21,13-8-6-9-14(18)11-13)19-15-10-5-4-7-12(15)2/h4-11,19H,3H2,1-2H3,(H,20,21). The van der Waals surface area contributed by atoms with E-state index in [1.165, 1.54) is 0 Å². The van der Waals surface area contributed by atoms with E-state index in [1.54, 1.807) is 24.3 Å². The number of benzene rings is 2. The fraction of sp³-hybridized carbons (Fsp3) is 0.235. The number of carboxylic acids is 1. The van der Waals surface area contributed by atoms with Crippen molar-refractivity contribution in [2.75, 3.05) is 5.32 Å². The van der Waals surface area contributed by atoms with Crippen molar-refractivity contribution in [3.05, 3.63) is 64.7 Å². The van der Waals surface area contributed by atoms with E-state index < -0.39 is 11.5 Å². The number of carboxylic acid groups (broad SMARTS) is 1. The van der Waals surface area contributed by atoms with Crippen molar-refractivity contribution in [2.24, 2.45) is 0 Å². The lowest BCUT2D eigenvalue weighted by Crippen LogP contribution is -2.43. The Balaban J connectivity index is 2.53. The molecule has 0 spiro atoms. The minimum absolute atomic E-state index is 0.400. The Kier molecular flexibility index (Phi) is 4.53. The van der Waals surface area contributed by atoms with Gasteiger partial charge < -0.3 is 10.4 Å². The second-order valence-electron chi connectivity index (χ2n) is 5.01. The lowest BCUT2D eigenvalue weighted by Gasteiger charge is -2.32. The zero-order valence-electron chi connectivity index (χ0n) is 12.1. The zero-order chi connectivity index (χ0) is 15.5. The Morgan fingerprint density at radius 3 is 2.52 bits per heavy atom. The van der Waals surface area contributed by atoms with Crippen LogP contribution in [-0.2, 0) is 10.3 Å². The lowest BCUT2D eigenvalue weighted by molar-refractivity contribution is -0.142. The molecule has 21 heavy (non-hydrogen) atoms. The average Bonchev–Trinajstić information content (AvgIpc) is 2.46. The third-order valence-electron chi connectivity index (χ3n) is 3.71. The van der Waals surface area contributed by atoms with E-state index in [0.717, 1.165) is 11.3 Å². The molecule has 0 fully saturated rings. The van der Waals surface area contributed by atoms with Gasteiger partial charge in [-0.3, -0.25) is 0 Å². The first kappa shape index (κ1) is 15.4. The summed E-state index contributed by atoms with van der Waals surface area (Å²) >= 11 is 6.03. The van der Waals surface area contributed by atoms with Crippen molar-refractivity contribution in [1.29, 1.82) is 0 Å². The van der Waals surface area contributed by atoms with Crippen LogP contribution in [0, 0.1) is 6.92 Å². The van der Waals surface area contributed by atoms with Gasteiger partial charge in [-0.05, 0) is 42.7 Å². The molecule has 0 heterocycles. The smallest absolute Gasteiger partial charge is 0.334 e. The van der Waals surface area contributed by atoms with Crippen LogP contribution in [0.1, 0.15) is 24.5 Å². The molecule has 0 aromatic heterocycles. The predicted molar refractivity (Wildman–Crippen MR) is 85.9 cm³/mol. The molecule has 110 valence electrons. The number of carbonyl (C=O) groups is 1. The van der Waals surface area contributed by atoms with Crippen LogP contribution in [0.5, 0.6) is 0 Å². The Labute approximate surface area is 129 Å². The molecule has 0 saturated heterocycles. The highest BCUT2D eigenvalue weighted by Crippen LogP contribution is 2.32. The summed E-state index contributed by atoms with van der Waals surface area (Å²) in [4.78, 5) is 12.0. The van der Waals surface area contributed by atoms with E-state index in [9.17, 15) is 9.90 Å². The van der Waals surface area contributed by atoms with Crippen molar-refractivity contribution >= 4 is 23.3 Å². The first-order chi connectivity index (χ1) is 9.99. The molecule has 4 heteroatoms. The second-order valence-corrected chi connectivity index (χ2v) is 5.45. The molecule has 0 aliphatic rings. The summed E-state index contributed by atoms with van der Waals surface area (Å²) in [6.07, 6.45) is 0.400. The summed E-state index contributed by atoms with van der Waals surface area (Å²) in [5.74, 6) is -0.921. The van der Waals surface area contributed by atoms with Gasteiger partial charge in [-0.1, -0.05) is 48.9 Å². The maximum absolute atomic E-state index is 12.0. The molecule has 0 radical (unpaired) electrons. The van der Waals surface area contributed by atoms with Crippen molar-refractivity contribution in [3.8, 4) is 0 Å². The molecule has 0 bridgehead atoms. The number of halogens is 1. The quantitative estimate of drug-likeness (QED) is 0.858. The summed E-state index contributed by atoms with van der Waals surface area (Å²) in [5, 5.41) is 13.5. The van der Waals surface area contributed by atoms with Crippen LogP contribution in [0.15, 0.2) is 48.5 Å². The highest BCUT2D eigenvalue weighted by atomic mass is 35.5. The van der Waals surface area contributed by atoms with Crippen LogP contribution in [-0.4, -0.2) is 11.1 Å². The molecular weight excluding hydrogens is 286 g/mol. The monoisotopic (exact) mass is 303 g/mol. The maximum atomic E-state index is 12.0. The number of aryl methyl sites for hydroxylation is 1. The Morgan fingerprint density at radius 1 is 1.24 bits per heavy atom. The minimum Gasteiger partial charge on any atom is -0.479 e. The second kappa shape index (κ2) is 6.19. The Bertz CT molecular complexity index is 657. The van der Waals surface area contributed by atoms with Gasteiger partial charge in [-0.15, -0.1) is 0 Å². The Hall–Kier alpha value is -2.00. The SMILES string of the molecule is CCC(Nc1ccccc1C)(C(=O)O)c1cccc(Cl)c1. The molecule has 0 saturated carbocycles. The Morgan fingerprint density at radius 2 is 1.95 bits per heavy atom. The largest absolute Gasteiger partial charge is 0.479 e. The van der Waals surface area contributed by atoms with Crippen molar-refractivity contribution in [2.45, 2.75) is 25.8 Å². The molecule has 0 aliphatic carbocycles. The van der Waals surface area contributed by atoms with E-state index in [1.807, 2.05) is 38.1 Å². The summed E-state index contributed by atoms with van der Waals surface area (Å²) in [6, 6.07) is 14.6. The third-order valence-corrected chi connectivity index (χ3v) is 3.94. The molecule has 3 nitrogen and oxygen atoms in total. The first-order valence-electron chi connectivity index (χ1n) is 6.83. The van der Waals surface area contributed by atoms with Gasteiger partial charge in [-0.2, -0.15) is 0 Å². The van der Waals surface area contributed by atoms with E-state index in [0.29, 0.717) is 17.0 Å². The average molecular weight is 304 g/mol. The summed E-state index contributed by atoms with van der Waals surface area (Å²) in [6.45, 7) is 3.79. The summed E-state index contributed by atoms with van der Waals surface area (Å²) in [5.41, 5.74) is 1.25. The molecule has 1 atom stereocenters. The number of para-hydroxylation sites is 1. The van der Waals surface area contributed by atoms with Crippen LogP contribution in [0.2, 0.25) is 5.02 Å². The van der Waals surface area contributed by atoms with Gasteiger partial charge >= 0.3 is 5.97 Å². The van der Waals surface area contributed by atoms with Crippen LogP contribution in [0.3, 0.4) is 0 Å². The van der Waals surface area contributed by atoms with Crippen molar-refractivity contribution < 1.29 is 9.90 Å². The maximum Gasteiger partial charge on any atom is 0.334 e. The molecule has 0 aliphatic heterocycles. The summed E-state index contributed by atoms with van der Waals surface area (Å²) < 4.78 is 0. The fourth-order valence-electron chi connectivity index (χ4n) is 2.39. The molecule has 0 amide bonds. The van der Waals surface area contributed by atoms with Crippen LogP contribution in [0.25, 0.3) is 0 Å². The van der Waals surface area contributed by atoms with E-state index >= 15 is 0 Å². The van der Waals surface area contributed by atoms with Crippen molar-refractivity contribution in [3.63, 3.8) is 0 Å². The molecule has 2 aromatic rings. The van der Waals surface area contributed by atoms with Gasteiger partial charge in [0.1, 0.15) is 0 Å². The molecule has 2 aromatic carbocycles. The lowest BCUT2D eigenvalue weighted by atomic mass is 9.86. The highest BCUT2D eigenvalue weighted by Gasteiger charge is 2.39. The minimum atomic E-state index is -1.20. The van der Waals surface area contributed by atoms with Gasteiger partial charge in [0, 0.05) is 10.7 Å². The number of aliphatic carboxylic acids is 1. The van der Waals surface area contributed by atoms with Gasteiger partial charge in [0.05, 0.1) is 0 Å². The fourth-order valence-corrected chi connectivity index (χ4v) is 2.58. The zero-order valence-corrected chi connectivity index (χ0v) is 12.8. The number of hydrogen-bond acceptors (Lipinski definition) is 2. The van der Waals surface area contributed by atoms with E-state index in [4.69, 9.17) is 11.6 Å². The normalized spacial score (nSPS) is 13.5. The number of hydrogen-bond donors (Lipinski definition) is 2. The van der Waals surface area contributed by atoms with Crippen molar-refractivity contribution in [1.82, 2.24) is 0 Å². The van der Waals surface area contributed by atoms with Crippen LogP contribution in [0.4, 0.5) is 5.69 Å². The molecule has 2 rings (SSSR count). The molecular formula is C17H18ClNO2. The van der Waals surface area contributed by atoms with Gasteiger partial charge in [0.25, 0.3) is 0 Å². The topological polar surface area (TPSA) is 49.3 Å². The van der Waals surface area contributed by atoms with Crippen LogP contribution >= 0.6 is 11.6 Å². The first-order valence-corrected chi connectivity index (χ1v) is 7.20. The van der Waals surface area contributed by atoms with Gasteiger partial charge in [-0.25, -0.2) is 4.79 Å². The van der Waals surface area contributed by atoms with E-state index in [-0.39, 0.29) is 0 Å². The van der Waals surface area contributed by atoms with E-state index in [2.05, 4.69) is 5.32 Å². The number of anilines is 1. The van der Waals surface area contributed by atoms with Crippen LogP contribution < -0.4 is 5.32 Å². The summed E-state index contributed by atoms with van der Waals surface area (Å²) in [7, 11) is 0. The van der Waals surface area contributed by atoms with Gasteiger partial charge in [0.2, 0.25) is 0 Å². The third kappa shape index (κ3) is 3.03. The molecule has 2 N–H and O–H groups in total.